The highest BCUT2D eigenvalue weighted by atomic mass is 32.2. The summed E-state index contributed by atoms with van der Waals surface area (Å²) in [7, 11) is 0. The molecule has 0 aliphatic carbocycles. The zero-order valence-electron chi connectivity index (χ0n) is 4.20. The van der Waals surface area contributed by atoms with E-state index in [9.17, 15) is 0 Å². The molecule has 0 fully saturated rings. The summed E-state index contributed by atoms with van der Waals surface area (Å²) in [6, 6.07) is 0. The molecule has 0 aliphatic rings. The summed E-state index contributed by atoms with van der Waals surface area (Å²) >= 11 is 5.85. The summed E-state index contributed by atoms with van der Waals surface area (Å²) in [4.78, 5) is 0. The first-order valence-electron chi connectivity index (χ1n) is 1.99. The van der Waals surface area contributed by atoms with E-state index >= 15 is 0 Å². The fourth-order valence-corrected chi connectivity index (χ4v) is 0.724. The average molecular weight is 149 g/mol. The summed E-state index contributed by atoms with van der Waals surface area (Å²) in [5, 5.41) is 8.10. The minimum Gasteiger partial charge on any atom is -0.516 e. The van der Waals surface area contributed by atoms with Crippen molar-refractivity contribution in [3.05, 3.63) is 12.3 Å². The van der Waals surface area contributed by atoms with Crippen LogP contribution < -0.4 is 5.73 Å². The van der Waals surface area contributed by atoms with Crippen LogP contribution >= 0.6 is 24.0 Å². The Kier molecular flexibility index (Phi) is 4.79. The van der Waals surface area contributed by atoms with Crippen LogP contribution in [0.4, 0.5) is 0 Å². The Morgan fingerprint density at radius 1 is 1.88 bits per heavy atom. The van der Waals surface area contributed by atoms with E-state index in [1.165, 1.54) is 11.8 Å². The van der Waals surface area contributed by atoms with Crippen LogP contribution in [0.1, 0.15) is 0 Å². The van der Waals surface area contributed by atoms with Crippen LogP contribution in [0, 0.1) is 0 Å². The van der Waals surface area contributed by atoms with Crippen molar-refractivity contribution in [2.75, 3.05) is 5.75 Å². The SMILES string of the molecule is NC(=S)SCC=CO. The molecule has 0 unspecified atom stereocenters. The van der Waals surface area contributed by atoms with Crippen LogP contribution in [0.15, 0.2) is 12.3 Å². The zero-order valence-corrected chi connectivity index (χ0v) is 5.84. The van der Waals surface area contributed by atoms with E-state index in [0.717, 1.165) is 6.26 Å². The van der Waals surface area contributed by atoms with Crippen molar-refractivity contribution in [1.29, 1.82) is 0 Å². The van der Waals surface area contributed by atoms with Crippen LogP contribution in [0.25, 0.3) is 0 Å². The van der Waals surface area contributed by atoms with Crippen molar-refractivity contribution < 1.29 is 5.11 Å². The number of thiocarbonyl (C=S) groups is 1. The maximum absolute atomic E-state index is 8.10. The van der Waals surface area contributed by atoms with Gasteiger partial charge in [-0.3, -0.25) is 0 Å². The molecule has 3 N–H and O–H groups in total. The van der Waals surface area contributed by atoms with Gasteiger partial charge in [0.05, 0.1) is 6.26 Å². The molecule has 0 aromatic carbocycles. The Balaban J connectivity index is 3.05. The van der Waals surface area contributed by atoms with Gasteiger partial charge >= 0.3 is 0 Å². The van der Waals surface area contributed by atoms with E-state index in [2.05, 4.69) is 12.2 Å². The lowest BCUT2D eigenvalue weighted by Gasteiger charge is -1.87. The Morgan fingerprint density at radius 2 is 2.50 bits per heavy atom. The molecule has 46 valence electrons. The van der Waals surface area contributed by atoms with Gasteiger partial charge in [0.25, 0.3) is 0 Å². The molecule has 0 aromatic heterocycles. The smallest absolute Gasteiger partial charge is 0.131 e. The number of rotatable bonds is 2. The number of thioether (sulfide) groups is 1. The minimum absolute atomic E-state index is 0.406. The lowest BCUT2D eigenvalue weighted by Crippen LogP contribution is -2.01. The topological polar surface area (TPSA) is 46.2 Å². The van der Waals surface area contributed by atoms with Crippen LogP contribution in [0.2, 0.25) is 0 Å². The third-order valence-electron chi connectivity index (χ3n) is 0.427. The fraction of sp³-hybridized carbons (Fsp3) is 0.250. The normalized spacial score (nSPS) is 10.0. The number of hydrogen-bond acceptors (Lipinski definition) is 3. The van der Waals surface area contributed by atoms with E-state index < -0.39 is 0 Å². The van der Waals surface area contributed by atoms with Crippen molar-refractivity contribution in [3.63, 3.8) is 0 Å². The lowest BCUT2D eigenvalue weighted by atomic mass is 10.7. The van der Waals surface area contributed by atoms with Gasteiger partial charge in [0.2, 0.25) is 0 Å². The van der Waals surface area contributed by atoms with Crippen LogP contribution in [-0.4, -0.2) is 15.2 Å². The quantitative estimate of drug-likeness (QED) is 0.455. The van der Waals surface area contributed by atoms with Crippen molar-refractivity contribution in [2.24, 2.45) is 5.73 Å². The molecule has 0 aliphatic heterocycles. The molecule has 0 aromatic rings. The maximum Gasteiger partial charge on any atom is 0.131 e. The Labute approximate surface area is 57.8 Å². The first-order chi connectivity index (χ1) is 3.77. The second-order valence-electron chi connectivity index (χ2n) is 1.01. The fourth-order valence-electron chi connectivity index (χ4n) is 0.173. The summed E-state index contributed by atoms with van der Waals surface area (Å²) < 4.78 is 0.406. The molecule has 2 nitrogen and oxygen atoms in total. The minimum atomic E-state index is 0.406. The zero-order chi connectivity index (χ0) is 6.41. The second-order valence-corrected chi connectivity index (χ2v) is 2.77. The van der Waals surface area contributed by atoms with E-state index in [1.54, 1.807) is 6.08 Å². The summed E-state index contributed by atoms with van der Waals surface area (Å²) in [6.07, 6.45) is 2.55. The van der Waals surface area contributed by atoms with Gasteiger partial charge in [0.15, 0.2) is 0 Å². The molecule has 0 heterocycles. The molecular weight excluding hydrogens is 142 g/mol. The predicted octanol–water partition coefficient (Wildman–Crippen LogP) is 1.03. The highest BCUT2D eigenvalue weighted by Crippen LogP contribution is 1.97. The third-order valence-corrected chi connectivity index (χ3v) is 1.42. The van der Waals surface area contributed by atoms with Crippen molar-refractivity contribution in [3.8, 4) is 0 Å². The summed E-state index contributed by atoms with van der Waals surface area (Å²) in [6.45, 7) is 0. The largest absolute Gasteiger partial charge is 0.516 e. The monoisotopic (exact) mass is 149 g/mol. The second kappa shape index (κ2) is 4.93. The summed E-state index contributed by atoms with van der Waals surface area (Å²) in [5.41, 5.74) is 5.11. The molecule has 4 heteroatoms. The highest BCUT2D eigenvalue weighted by molar-refractivity contribution is 8.23. The Hall–Kier alpha value is -0.220. The number of nitrogens with two attached hydrogens (primary N) is 1. The number of aliphatic hydroxyl groups is 1. The van der Waals surface area contributed by atoms with Crippen molar-refractivity contribution >= 4 is 28.3 Å². The van der Waals surface area contributed by atoms with Gasteiger partial charge in [0.1, 0.15) is 4.32 Å². The molecule has 0 saturated carbocycles. The molecule has 0 rings (SSSR count). The van der Waals surface area contributed by atoms with Gasteiger partial charge < -0.3 is 10.8 Å². The first kappa shape index (κ1) is 7.78. The van der Waals surface area contributed by atoms with Gasteiger partial charge in [-0.05, 0) is 6.08 Å². The van der Waals surface area contributed by atoms with Gasteiger partial charge in [-0.1, -0.05) is 24.0 Å². The van der Waals surface area contributed by atoms with Gasteiger partial charge in [0, 0.05) is 5.75 Å². The lowest BCUT2D eigenvalue weighted by molar-refractivity contribution is 0.473. The number of hydrogen-bond donors (Lipinski definition) is 2. The predicted molar refractivity (Wildman–Crippen MR) is 41.0 cm³/mol. The Bertz CT molecular complexity index is 102. The van der Waals surface area contributed by atoms with E-state index in [1.807, 2.05) is 0 Å². The molecule has 0 saturated heterocycles. The van der Waals surface area contributed by atoms with E-state index in [4.69, 9.17) is 10.8 Å². The molecular formula is C4H7NOS2. The van der Waals surface area contributed by atoms with Crippen molar-refractivity contribution in [1.82, 2.24) is 0 Å². The van der Waals surface area contributed by atoms with Crippen LogP contribution in [0.5, 0.6) is 0 Å². The van der Waals surface area contributed by atoms with E-state index in [0.29, 0.717) is 10.1 Å². The number of aliphatic hydroxyl groups excluding tert-OH is 1. The molecule has 8 heavy (non-hydrogen) atoms. The molecule has 0 radical (unpaired) electrons. The van der Waals surface area contributed by atoms with Gasteiger partial charge in [-0.25, -0.2) is 0 Å². The van der Waals surface area contributed by atoms with Crippen LogP contribution in [-0.2, 0) is 0 Å². The Morgan fingerprint density at radius 3 is 2.88 bits per heavy atom. The first-order valence-corrected chi connectivity index (χ1v) is 3.38. The summed E-state index contributed by atoms with van der Waals surface area (Å²) in [5.74, 6) is 0.645. The maximum atomic E-state index is 8.10. The van der Waals surface area contributed by atoms with E-state index in [-0.39, 0.29) is 0 Å². The molecule has 0 atom stereocenters. The molecule has 0 spiro atoms. The standard InChI is InChI=1S/C4H7NOS2/c5-4(7)8-3-1-2-6/h1-2,6H,3H2,(H2,5,7). The van der Waals surface area contributed by atoms with Gasteiger partial charge in [-0.2, -0.15) is 0 Å². The molecule has 0 amide bonds. The molecule has 0 bridgehead atoms. The average Bonchev–Trinajstić information content (AvgIpc) is 1.66. The van der Waals surface area contributed by atoms with Crippen molar-refractivity contribution in [2.45, 2.75) is 0 Å². The van der Waals surface area contributed by atoms with Crippen LogP contribution in [0.3, 0.4) is 0 Å². The third kappa shape index (κ3) is 5.78. The van der Waals surface area contributed by atoms with Gasteiger partial charge in [-0.15, -0.1) is 0 Å². The highest BCUT2D eigenvalue weighted by Gasteiger charge is 1.83.